The van der Waals surface area contributed by atoms with Gasteiger partial charge < -0.3 is 0 Å². The molecule has 0 aliphatic carbocycles. The van der Waals surface area contributed by atoms with Gasteiger partial charge in [0.2, 0.25) is 0 Å². The molecule has 0 aliphatic rings. The van der Waals surface area contributed by atoms with E-state index in [1.54, 1.807) is 0 Å². The van der Waals surface area contributed by atoms with Crippen LogP contribution in [0.4, 0.5) is 0 Å². The zero-order chi connectivity index (χ0) is 4.28. The monoisotopic (exact) mass is 314 g/mol. The Labute approximate surface area is 51.6 Å². The molecular formula is C2H5Br2I. The fraction of sp³-hybridized carbons (Fsp3) is 1.00. The van der Waals surface area contributed by atoms with Crippen molar-refractivity contribution in [3.8, 4) is 0 Å². The van der Waals surface area contributed by atoms with Crippen molar-refractivity contribution in [2.75, 3.05) is 4.43 Å². The molecule has 0 radical (unpaired) electrons. The normalized spacial score (nSPS) is 11.4. The summed E-state index contributed by atoms with van der Waals surface area (Å²) in [5, 5.41) is 0. The molecule has 34 valence electrons. The summed E-state index contributed by atoms with van der Waals surface area (Å²) in [4.78, 5) is 0. The van der Waals surface area contributed by atoms with E-state index in [0.717, 1.165) is 0 Å². The zero-order valence-corrected chi connectivity index (χ0v) is 8.17. The molecule has 0 aromatic carbocycles. The molecule has 0 spiro atoms. The van der Waals surface area contributed by atoms with Crippen LogP contribution in [0.5, 0.6) is 0 Å². The second-order valence-electron chi connectivity index (χ2n) is 0.523. The molecule has 0 saturated carbocycles. The number of hydrogen-bond donors (Lipinski definition) is 0. The van der Waals surface area contributed by atoms with E-state index >= 15 is 0 Å². The van der Waals surface area contributed by atoms with E-state index in [1.807, 2.05) is 0 Å². The maximum absolute atomic E-state index is 3.45. The van der Waals surface area contributed by atoms with E-state index in [4.69, 9.17) is 0 Å². The SMILES string of the molecule is CCI(Br)Br. The molecular weight excluding hydrogens is 311 g/mol. The molecule has 0 unspecified atom stereocenters. The van der Waals surface area contributed by atoms with E-state index in [9.17, 15) is 0 Å². The average Bonchev–Trinajstić information content (AvgIpc) is 1.38. The van der Waals surface area contributed by atoms with Gasteiger partial charge in [0.05, 0.1) is 0 Å². The third kappa shape index (κ3) is 5.69. The predicted molar refractivity (Wildman–Crippen MR) is 42.4 cm³/mol. The maximum atomic E-state index is 3.45. The van der Waals surface area contributed by atoms with Crippen LogP contribution < -0.4 is 0 Å². The summed E-state index contributed by atoms with van der Waals surface area (Å²) in [5.74, 6) is 0. The van der Waals surface area contributed by atoms with Crippen LogP contribution in [-0.4, -0.2) is 4.43 Å². The van der Waals surface area contributed by atoms with Gasteiger partial charge in [0, 0.05) is 0 Å². The van der Waals surface area contributed by atoms with Crippen LogP contribution in [0.1, 0.15) is 6.92 Å². The van der Waals surface area contributed by atoms with Crippen molar-refractivity contribution in [3.63, 3.8) is 0 Å². The Morgan fingerprint density at radius 2 is 1.80 bits per heavy atom. The molecule has 0 saturated heterocycles. The standard InChI is InChI=1S/C2H5Br2I/c1-2-5(3)4/h2H2,1H3. The fourth-order valence-electron chi connectivity index (χ4n) is 0. The predicted octanol–water partition coefficient (Wildman–Crippen LogP) is 3.13. The molecule has 0 fully saturated rings. The molecule has 0 nitrogen and oxygen atoms in total. The first-order valence-corrected chi connectivity index (χ1v) is 12.5. The fourth-order valence-corrected chi connectivity index (χ4v) is 0. The van der Waals surface area contributed by atoms with Gasteiger partial charge in [-0.1, -0.05) is 0 Å². The Kier molecular flexibility index (Phi) is 5.17. The summed E-state index contributed by atoms with van der Waals surface area (Å²) in [7, 11) is 0. The second kappa shape index (κ2) is 3.87. The van der Waals surface area contributed by atoms with Gasteiger partial charge >= 0.3 is 52.1 Å². The van der Waals surface area contributed by atoms with Crippen molar-refractivity contribution in [3.05, 3.63) is 0 Å². The molecule has 0 heterocycles. The van der Waals surface area contributed by atoms with Gasteiger partial charge in [-0.3, -0.25) is 0 Å². The van der Waals surface area contributed by atoms with Gasteiger partial charge in [-0.05, 0) is 0 Å². The minimum absolute atomic E-state index is 0.657. The molecule has 0 rings (SSSR count). The van der Waals surface area contributed by atoms with E-state index in [1.165, 1.54) is 4.43 Å². The minimum atomic E-state index is -0.657. The summed E-state index contributed by atoms with van der Waals surface area (Å²) < 4.78 is 1.30. The third-order valence-corrected chi connectivity index (χ3v) is 7.04. The van der Waals surface area contributed by atoms with E-state index in [0.29, 0.717) is 0 Å². The molecule has 0 amide bonds. The van der Waals surface area contributed by atoms with Gasteiger partial charge in [0.1, 0.15) is 0 Å². The van der Waals surface area contributed by atoms with Gasteiger partial charge in [0.25, 0.3) is 0 Å². The van der Waals surface area contributed by atoms with Crippen molar-refractivity contribution in [2.24, 2.45) is 0 Å². The van der Waals surface area contributed by atoms with Gasteiger partial charge in [-0.2, -0.15) is 0 Å². The molecule has 0 N–H and O–H groups in total. The van der Waals surface area contributed by atoms with Crippen molar-refractivity contribution in [1.29, 1.82) is 0 Å². The Morgan fingerprint density at radius 1 is 1.60 bits per heavy atom. The van der Waals surface area contributed by atoms with Crippen molar-refractivity contribution in [2.45, 2.75) is 6.92 Å². The molecule has 0 aromatic rings. The molecule has 0 bridgehead atoms. The van der Waals surface area contributed by atoms with Gasteiger partial charge in [-0.15, -0.1) is 0 Å². The first kappa shape index (κ1) is 6.69. The number of alkyl halides is 1. The van der Waals surface area contributed by atoms with Crippen LogP contribution in [0, 0.1) is 0 Å². The summed E-state index contributed by atoms with van der Waals surface area (Å²) >= 11 is 6.24. The van der Waals surface area contributed by atoms with Crippen LogP contribution in [-0.2, 0) is 0 Å². The van der Waals surface area contributed by atoms with Crippen LogP contribution in [0.2, 0.25) is 0 Å². The quantitative estimate of drug-likeness (QED) is 0.515. The van der Waals surface area contributed by atoms with Gasteiger partial charge in [0.15, 0.2) is 0 Å². The van der Waals surface area contributed by atoms with Crippen molar-refractivity contribution < 1.29 is 0 Å². The van der Waals surface area contributed by atoms with Crippen LogP contribution in [0.15, 0.2) is 0 Å². The average molecular weight is 316 g/mol. The van der Waals surface area contributed by atoms with Crippen LogP contribution >= 0.6 is 40.7 Å². The summed E-state index contributed by atoms with van der Waals surface area (Å²) in [6.07, 6.45) is 0. The van der Waals surface area contributed by atoms with Crippen molar-refractivity contribution in [1.82, 2.24) is 0 Å². The van der Waals surface area contributed by atoms with E-state index in [-0.39, 0.29) is 0 Å². The Balaban J connectivity index is 2.54. The Morgan fingerprint density at radius 3 is 1.80 bits per heavy atom. The summed E-state index contributed by atoms with van der Waals surface area (Å²) in [5.41, 5.74) is 0. The molecule has 0 atom stereocenters. The third-order valence-electron chi connectivity index (χ3n) is 0.202. The Hall–Kier alpha value is 1.69. The molecule has 3 heteroatoms. The van der Waals surface area contributed by atoms with Gasteiger partial charge in [-0.25, -0.2) is 0 Å². The van der Waals surface area contributed by atoms with E-state index in [2.05, 4.69) is 32.3 Å². The summed E-state index contributed by atoms with van der Waals surface area (Å²) in [6, 6.07) is 0. The Bertz CT molecular complexity index is 21.6. The first-order chi connectivity index (χ1) is 2.27. The molecule has 0 aliphatic heterocycles. The topological polar surface area (TPSA) is 0 Å². The first-order valence-electron chi connectivity index (χ1n) is 1.26. The molecule has 5 heavy (non-hydrogen) atoms. The number of hydrogen-bond acceptors (Lipinski definition) is 0. The molecule has 0 aromatic heterocycles. The number of rotatable bonds is 1. The summed E-state index contributed by atoms with van der Waals surface area (Å²) in [6.45, 7) is 2.17. The van der Waals surface area contributed by atoms with E-state index < -0.39 is 15.4 Å². The van der Waals surface area contributed by atoms with Crippen LogP contribution in [0.3, 0.4) is 0 Å². The van der Waals surface area contributed by atoms with Crippen LogP contribution in [0.25, 0.3) is 0 Å². The second-order valence-corrected chi connectivity index (χ2v) is 18.6. The number of halogens is 3. The van der Waals surface area contributed by atoms with Crippen molar-refractivity contribution >= 4 is 40.7 Å². The zero-order valence-electron chi connectivity index (χ0n) is 2.84.